The summed E-state index contributed by atoms with van der Waals surface area (Å²) in [7, 11) is 0. The van der Waals surface area contributed by atoms with Crippen LogP contribution in [-0.2, 0) is 14.3 Å². The van der Waals surface area contributed by atoms with Crippen LogP contribution in [0.2, 0.25) is 0 Å². The Balaban J connectivity index is 3.36. The number of hydrogen-bond acceptors (Lipinski definition) is 5. The van der Waals surface area contributed by atoms with Crippen molar-refractivity contribution < 1.29 is 24.5 Å². The standard InChI is InChI=1S/C82H157NO5/c1-3-5-7-9-11-13-15-17-19-21-22-23-34-37-40-43-46-50-54-58-62-66-70-74-80(85)79(78-84)83-81(86)75-71-67-63-59-55-51-47-44-41-38-35-32-30-28-26-24-25-27-29-31-33-36-39-42-45-49-53-57-61-65-69-73-77-88-82(87)76-72-68-64-60-56-52-48-20-18-16-14-12-10-8-6-4-2/h14,16,20,27,29,48,79-80,84-85H,3-13,15,17-19,21-26,28,30-47,49-78H2,1-2H3,(H,83,86)/b16-14-,29-27-,48-20-. The Hall–Kier alpha value is -1.92. The predicted molar refractivity (Wildman–Crippen MR) is 389 cm³/mol. The molecular weight excluding hydrogens is 1080 g/mol. The molecule has 6 nitrogen and oxygen atoms in total. The van der Waals surface area contributed by atoms with Crippen molar-refractivity contribution in [1.82, 2.24) is 5.32 Å². The maximum Gasteiger partial charge on any atom is 0.305 e. The lowest BCUT2D eigenvalue weighted by molar-refractivity contribution is -0.143. The molecule has 1 amide bonds. The summed E-state index contributed by atoms with van der Waals surface area (Å²) in [6.45, 7) is 4.98. The van der Waals surface area contributed by atoms with Gasteiger partial charge in [0, 0.05) is 12.8 Å². The third kappa shape index (κ3) is 73.1. The van der Waals surface area contributed by atoms with Crippen LogP contribution in [0.5, 0.6) is 0 Å². The van der Waals surface area contributed by atoms with E-state index in [2.05, 4.69) is 55.6 Å². The number of carbonyl (C=O) groups excluding carboxylic acids is 2. The van der Waals surface area contributed by atoms with Crippen LogP contribution in [0, 0.1) is 0 Å². The molecule has 0 aliphatic rings. The number of carbonyl (C=O) groups is 2. The molecule has 0 saturated carbocycles. The Bertz CT molecular complexity index is 1430. The summed E-state index contributed by atoms with van der Waals surface area (Å²) < 4.78 is 5.50. The Morgan fingerprint density at radius 3 is 0.886 bits per heavy atom. The molecule has 0 fully saturated rings. The maximum atomic E-state index is 12.6. The summed E-state index contributed by atoms with van der Waals surface area (Å²) in [5.74, 6) is -0.0216. The van der Waals surface area contributed by atoms with E-state index in [9.17, 15) is 19.8 Å². The molecular formula is C82H157NO5. The Labute approximate surface area is 551 Å². The molecule has 0 aromatic heterocycles. The van der Waals surface area contributed by atoms with E-state index in [1.807, 2.05) is 0 Å². The molecule has 2 unspecified atom stereocenters. The van der Waals surface area contributed by atoms with Crippen molar-refractivity contribution in [1.29, 1.82) is 0 Å². The number of ether oxygens (including phenoxy) is 1. The molecule has 0 aliphatic carbocycles. The van der Waals surface area contributed by atoms with E-state index in [1.54, 1.807) is 0 Å². The number of unbranched alkanes of at least 4 members (excludes halogenated alkanes) is 59. The van der Waals surface area contributed by atoms with Crippen molar-refractivity contribution in [2.75, 3.05) is 13.2 Å². The highest BCUT2D eigenvalue weighted by Gasteiger charge is 2.20. The topological polar surface area (TPSA) is 95.9 Å². The first-order valence-corrected chi connectivity index (χ1v) is 40.2. The fourth-order valence-corrected chi connectivity index (χ4v) is 12.8. The van der Waals surface area contributed by atoms with E-state index in [-0.39, 0.29) is 18.5 Å². The Morgan fingerprint density at radius 1 is 0.318 bits per heavy atom. The van der Waals surface area contributed by atoms with Crippen LogP contribution in [0.15, 0.2) is 36.5 Å². The van der Waals surface area contributed by atoms with E-state index in [4.69, 9.17) is 4.74 Å². The highest BCUT2D eigenvalue weighted by molar-refractivity contribution is 5.76. The van der Waals surface area contributed by atoms with Crippen molar-refractivity contribution >= 4 is 11.9 Å². The fraction of sp³-hybridized carbons (Fsp3) is 0.902. The summed E-state index contributed by atoms with van der Waals surface area (Å²) in [5.41, 5.74) is 0. The highest BCUT2D eigenvalue weighted by atomic mass is 16.5. The molecule has 0 aromatic carbocycles. The molecule has 0 saturated heterocycles. The summed E-state index contributed by atoms with van der Waals surface area (Å²) >= 11 is 0. The molecule has 6 heteroatoms. The number of amides is 1. The maximum absolute atomic E-state index is 12.6. The van der Waals surface area contributed by atoms with E-state index in [1.165, 1.54) is 366 Å². The van der Waals surface area contributed by atoms with E-state index in [0.29, 0.717) is 25.9 Å². The Kier molecular flexibility index (Phi) is 75.8. The van der Waals surface area contributed by atoms with Gasteiger partial charge in [-0.25, -0.2) is 0 Å². The first-order valence-electron chi connectivity index (χ1n) is 40.2. The van der Waals surface area contributed by atoms with Gasteiger partial charge in [0.25, 0.3) is 0 Å². The van der Waals surface area contributed by atoms with Crippen molar-refractivity contribution in [3.8, 4) is 0 Å². The molecule has 0 aromatic rings. The molecule has 0 bridgehead atoms. The van der Waals surface area contributed by atoms with Gasteiger partial charge in [0.1, 0.15) is 0 Å². The first kappa shape index (κ1) is 86.1. The van der Waals surface area contributed by atoms with Crippen molar-refractivity contribution in [3.05, 3.63) is 36.5 Å². The molecule has 0 rings (SSSR count). The molecule has 0 spiro atoms. The zero-order valence-corrected chi connectivity index (χ0v) is 59.7. The quantitative estimate of drug-likeness (QED) is 0.0320. The number of rotatable bonds is 76. The zero-order valence-electron chi connectivity index (χ0n) is 59.7. The Morgan fingerprint density at radius 2 is 0.568 bits per heavy atom. The summed E-state index contributed by atoms with van der Waals surface area (Å²) in [4.78, 5) is 24.7. The van der Waals surface area contributed by atoms with E-state index >= 15 is 0 Å². The average molecular weight is 1240 g/mol. The van der Waals surface area contributed by atoms with Gasteiger partial charge in [0.15, 0.2) is 0 Å². The van der Waals surface area contributed by atoms with Gasteiger partial charge in [0.05, 0.1) is 25.4 Å². The van der Waals surface area contributed by atoms with Crippen molar-refractivity contribution in [3.63, 3.8) is 0 Å². The van der Waals surface area contributed by atoms with Gasteiger partial charge in [-0.1, -0.05) is 391 Å². The lowest BCUT2D eigenvalue weighted by Gasteiger charge is -2.22. The fourth-order valence-electron chi connectivity index (χ4n) is 12.8. The van der Waals surface area contributed by atoms with Gasteiger partial charge in [-0.15, -0.1) is 0 Å². The molecule has 520 valence electrons. The lowest BCUT2D eigenvalue weighted by Crippen LogP contribution is -2.45. The van der Waals surface area contributed by atoms with Gasteiger partial charge in [-0.05, 0) is 83.5 Å². The zero-order chi connectivity index (χ0) is 63.5. The molecule has 0 radical (unpaired) electrons. The number of aliphatic hydroxyl groups is 2. The summed E-state index contributed by atoms with van der Waals surface area (Å²) in [6, 6.07) is -0.541. The minimum Gasteiger partial charge on any atom is -0.466 e. The number of hydrogen-bond donors (Lipinski definition) is 3. The highest BCUT2D eigenvalue weighted by Crippen LogP contribution is 2.20. The SMILES string of the molecule is CCCCCC/C=C\C/C=C\CCCCCCCC(=O)OCCCCCCCCCCCCCC/C=C\CCCCCCCCCCCCCCCCCCC(=O)NC(CO)C(O)CCCCCCCCCCCCCCCCCCCCCCCCC. The monoisotopic (exact) mass is 1240 g/mol. The molecule has 2 atom stereocenters. The minimum absolute atomic E-state index is 0.00550. The summed E-state index contributed by atoms with van der Waals surface area (Å²) in [5, 5.41) is 23.5. The normalized spacial score (nSPS) is 12.6. The van der Waals surface area contributed by atoms with Crippen LogP contribution in [0.1, 0.15) is 450 Å². The van der Waals surface area contributed by atoms with E-state index in [0.717, 1.165) is 51.4 Å². The second-order valence-electron chi connectivity index (χ2n) is 27.7. The molecule has 3 N–H and O–H groups in total. The lowest BCUT2D eigenvalue weighted by atomic mass is 10.0. The number of allylic oxidation sites excluding steroid dienone is 6. The minimum atomic E-state index is -0.664. The van der Waals surface area contributed by atoms with Gasteiger partial charge in [-0.2, -0.15) is 0 Å². The van der Waals surface area contributed by atoms with Crippen molar-refractivity contribution in [2.24, 2.45) is 0 Å². The second-order valence-corrected chi connectivity index (χ2v) is 27.7. The van der Waals surface area contributed by atoms with Crippen LogP contribution in [-0.4, -0.2) is 47.4 Å². The van der Waals surface area contributed by atoms with Crippen LogP contribution >= 0.6 is 0 Å². The second kappa shape index (κ2) is 77.5. The first-order chi connectivity index (χ1) is 43.5. The molecule has 0 aliphatic heterocycles. The van der Waals surface area contributed by atoms with Gasteiger partial charge >= 0.3 is 5.97 Å². The number of esters is 1. The van der Waals surface area contributed by atoms with Crippen LogP contribution in [0.3, 0.4) is 0 Å². The third-order valence-corrected chi connectivity index (χ3v) is 18.9. The van der Waals surface area contributed by atoms with Crippen molar-refractivity contribution in [2.45, 2.75) is 463 Å². The molecule has 88 heavy (non-hydrogen) atoms. The average Bonchev–Trinajstić information content (AvgIpc) is 3.58. The van der Waals surface area contributed by atoms with Gasteiger partial charge < -0.3 is 20.3 Å². The third-order valence-electron chi connectivity index (χ3n) is 18.9. The van der Waals surface area contributed by atoms with Gasteiger partial charge in [-0.3, -0.25) is 9.59 Å². The predicted octanol–water partition coefficient (Wildman–Crippen LogP) is 26.6. The number of nitrogens with one attached hydrogen (secondary N) is 1. The van der Waals surface area contributed by atoms with Crippen LogP contribution in [0.4, 0.5) is 0 Å². The van der Waals surface area contributed by atoms with E-state index < -0.39 is 12.1 Å². The van der Waals surface area contributed by atoms with Crippen LogP contribution < -0.4 is 5.32 Å². The smallest absolute Gasteiger partial charge is 0.305 e. The van der Waals surface area contributed by atoms with Gasteiger partial charge in [0.2, 0.25) is 5.91 Å². The number of aliphatic hydroxyl groups excluding tert-OH is 2. The summed E-state index contributed by atoms with van der Waals surface area (Å²) in [6.07, 6.45) is 101. The van der Waals surface area contributed by atoms with Crippen LogP contribution in [0.25, 0.3) is 0 Å². The largest absolute Gasteiger partial charge is 0.466 e. The molecule has 0 heterocycles.